The summed E-state index contributed by atoms with van der Waals surface area (Å²) in [5.41, 5.74) is 1.92. The number of halogens is 1. The van der Waals surface area contributed by atoms with Crippen LogP contribution >= 0.6 is 0 Å². The van der Waals surface area contributed by atoms with E-state index in [4.69, 9.17) is 4.74 Å². The van der Waals surface area contributed by atoms with Gasteiger partial charge in [-0.1, -0.05) is 0 Å². The summed E-state index contributed by atoms with van der Waals surface area (Å²) in [5, 5.41) is 0. The molecule has 5 heteroatoms. The van der Waals surface area contributed by atoms with Crippen molar-refractivity contribution in [1.82, 2.24) is 4.90 Å². The molecule has 2 aromatic carbocycles. The van der Waals surface area contributed by atoms with Gasteiger partial charge < -0.3 is 4.74 Å². The predicted molar refractivity (Wildman–Crippen MR) is 102 cm³/mol. The summed E-state index contributed by atoms with van der Waals surface area (Å²) in [7, 11) is 1.58. The number of ether oxygens (including phenoxy) is 1. The number of carbonyl (C=O) groups excluding carboxylic acids is 2. The van der Waals surface area contributed by atoms with Crippen molar-refractivity contribution in [3.05, 3.63) is 65.0 Å². The lowest BCUT2D eigenvalue weighted by molar-refractivity contribution is 0.0847. The standard InChI is InChI=1S/C22H24FNO3/c1-15(25)17-7-10-21(27-2)18(13-17)14-20(24-11-3-4-12-24)22(26)16-5-8-19(23)9-6-16/h5-10,13,20H,3-4,11-12,14H2,1-2H3/t20-/m0/s1. The van der Waals surface area contributed by atoms with E-state index >= 15 is 0 Å². The molecule has 4 nitrogen and oxygen atoms in total. The van der Waals surface area contributed by atoms with E-state index < -0.39 is 0 Å². The van der Waals surface area contributed by atoms with Crippen LogP contribution in [-0.4, -0.2) is 42.7 Å². The Labute approximate surface area is 158 Å². The number of carbonyl (C=O) groups is 2. The Morgan fingerprint density at radius 3 is 2.30 bits per heavy atom. The maximum absolute atomic E-state index is 13.2. The van der Waals surface area contributed by atoms with Crippen molar-refractivity contribution in [2.24, 2.45) is 0 Å². The lowest BCUT2D eigenvalue weighted by Crippen LogP contribution is -2.41. The fourth-order valence-electron chi connectivity index (χ4n) is 3.61. The molecule has 1 aliphatic heterocycles. The molecular weight excluding hydrogens is 345 g/mol. The molecule has 1 atom stereocenters. The molecule has 0 bridgehead atoms. The molecule has 2 aromatic rings. The maximum atomic E-state index is 13.2. The summed E-state index contributed by atoms with van der Waals surface area (Å²) >= 11 is 0. The highest BCUT2D eigenvalue weighted by molar-refractivity contribution is 6.00. The molecule has 0 unspecified atom stereocenters. The third-order valence-electron chi connectivity index (χ3n) is 5.11. The number of hydrogen-bond donors (Lipinski definition) is 0. The first-order chi connectivity index (χ1) is 13.0. The van der Waals surface area contributed by atoms with Crippen LogP contribution in [-0.2, 0) is 6.42 Å². The Hall–Kier alpha value is -2.53. The van der Waals surface area contributed by atoms with Crippen LogP contribution in [0.4, 0.5) is 4.39 Å². The molecule has 0 spiro atoms. The van der Waals surface area contributed by atoms with E-state index in [1.165, 1.54) is 31.2 Å². The van der Waals surface area contributed by atoms with E-state index in [1.54, 1.807) is 19.2 Å². The molecule has 0 N–H and O–H groups in total. The van der Waals surface area contributed by atoms with Gasteiger partial charge in [0.05, 0.1) is 13.2 Å². The van der Waals surface area contributed by atoms with Crippen molar-refractivity contribution < 1.29 is 18.7 Å². The summed E-state index contributed by atoms with van der Waals surface area (Å²) < 4.78 is 18.7. The van der Waals surface area contributed by atoms with E-state index in [9.17, 15) is 14.0 Å². The van der Waals surface area contributed by atoms with Crippen molar-refractivity contribution in [2.75, 3.05) is 20.2 Å². The lowest BCUT2D eigenvalue weighted by atomic mass is 9.94. The highest BCUT2D eigenvalue weighted by Gasteiger charge is 2.30. The largest absolute Gasteiger partial charge is 0.496 e. The monoisotopic (exact) mass is 369 g/mol. The van der Waals surface area contributed by atoms with E-state index in [0.29, 0.717) is 23.3 Å². The van der Waals surface area contributed by atoms with Gasteiger partial charge in [-0.25, -0.2) is 4.39 Å². The topological polar surface area (TPSA) is 46.6 Å². The normalized spacial score (nSPS) is 15.5. The Bertz CT molecular complexity index is 826. The fourth-order valence-corrected chi connectivity index (χ4v) is 3.61. The molecule has 142 valence electrons. The van der Waals surface area contributed by atoms with E-state index in [1.807, 2.05) is 6.07 Å². The van der Waals surface area contributed by atoms with Crippen LogP contribution < -0.4 is 4.74 Å². The highest BCUT2D eigenvalue weighted by Crippen LogP contribution is 2.26. The molecular formula is C22H24FNO3. The molecule has 0 amide bonds. The van der Waals surface area contributed by atoms with Crippen LogP contribution in [0.5, 0.6) is 5.75 Å². The van der Waals surface area contributed by atoms with Crippen molar-refractivity contribution >= 4 is 11.6 Å². The number of rotatable bonds is 7. The van der Waals surface area contributed by atoms with Gasteiger partial charge in [-0.15, -0.1) is 0 Å². The number of methoxy groups -OCH3 is 1. The highest BCUT2D eigenvalue weighted by atomic mass is 19.1. The van der Waals surface area contributed by atoms with Gasteiger partial charge in [0, 0.05) is 11.1 Å². The van der Waals surface area contributed by atoms with Gasteiger partial charge in [0.15, 0.2) is 11.6 Å². The lowest BCUT2D eigenvalue weighted by Gasteiger charge is -2.27. The third-order valence-corrected chi connectivity index (χ3v) is 5.11. The second-order valence-electron chi connectivity index (χ2n) is 6.92. The molecule has 0 radical (unpaired) electrons. The average molecular weight is 369 g/mol. The van der Waals surface area contributed by atoms with E-state index in [-0.39, 0.29) is 23.4 Å². The van der Waals surface area contributed by atoms with Crippen LogP contribution in [0, 0.1) is 5.82 Å². The molecule has 1 saturated heterocycles. The van der Waals surface area contributed by atoms with Gasteiger partial charge >= 0.3 is 0 Å². The summed E-state index contributed by atoms with van der Waals surface area (Å²) in [6, 6.07) is 10.6. The second kappa shape index (κ2) is 8.44. The van der Waals surface area contributed by atoms with Gasteiger partial charge in [0.25, 0.3) is 0 Å². The fraction of sp³-hybridized carbons (Fsp3) is 0.364. The van der Waals surface area contributed by atoms with E-state index in [2.05, 4.69) is 4.90 Å². The Balaban J connectivity index is 1.94. The van der Waals surface area contributed by atoms with Crippen LogP contribution in [0.1, 0.15) is 46.0 Å². The number of hydrogen-bond acceptors (Lipinski definition) is 4. The molecule has 1 aliphatic rings. The first-order valence-corrected chi connectivity index (χ1v) is 9.21. The van der Waals surface area contributed by atoms with E-state index in [0.717, 1.165) is 31.5 Å². The van der Waals surface area contributed by atoms with Gasteiger partial charge in [0.2, 0.25) is 0 Å². The summed E-state index contributed by atoms with van der Waals surface area (Å²) in [5.74, 6) is 0.241. The zero-order chi connectivity index (χ0) is 19.4. The molecule has 0 saturated carbocycles. The summed E-state index contributed by atoms with van der Waals surface area (Å²) in [4.78, 5) is 27.1. The maximum Gasteiger partial charge on any atom is 0.180 e. The number of nitrogens with zero attached hydrogens (tertiary/aromatic N) is 1. The van der Waals surface area contributed by atoms with Crippen molar-refractivity contribution in [2.45, 2.75) is 32.2 Å². The second-order valence-corrected chi connectivity index (χ2v) is 6.92. The molecule has 1 fully saturated rings. The molecule has 3 rings (SSSR count). The van der Waals surface area contributed by atoms with Gasteiger partial charge in [0.1, 0.15) is 11.6 Å². The Morgan fingerprint density at radius 1 is 1.07 bits per heavy atom. The molecule has 0 aliphatic carbocycles. The number of benzene rings is 2. The smallest absolute Gasteiger partial charge is 0.180 e. The minimum absolute atomic E-state index is 0.0264. The summed E-state index contributed by atoms with van der Waals surface area (Å²) in [6.45, 7) is 3.23. The Kier molecular flexibility index (Phi) is 6.01. The average Bonchev–Trinajstić information content (AvgIpc) is 3.20. The number of Topliss-reactive ketones (excluding diaryl/α,β-unsaturated/α-hetero) is 2. The quantitative estimate of drug-likeness (QED) is 0.694. The zero-order valence-corrected chi connectivity index (χ0v) is 15.7. The third kappa shape index (κ3) is 4.42. The predicted octanol–water partition coefficient (Wildman–Crippen LogP) is 3.93. The van der Waals surface area contributed by atoms with Crippen LogP contribution in [0.25, 0.3) is 0 Å². The number of ketones is 2. The van der Waals surface area contributed by atoms with Gasteiger partial charge in [-0.3, -0.25) is 14.5 Å². The minimum atomic E-state index is -0.367. The zero-order valence-electron chi connectivity index (χ0n) is 15.7. The minimum Gasteiger partial charge on any atom is -0.496 e. The molecule has 0 aromatic heterocycles. The van der Waals surface area contributed by atoms with Crippen molar-refractivity contribution in [3.8, 4) is 5.75 Å². The van der Waals surface area contributed by atoms with Crippen LogP contribution in [0.15, 0.2) is 42.5 Å². The van der Waals surface area contributed by atoms with Crippen molar-refractivity contribution in [3.63, 3.8) is 0 Å². The SMILES string of the molecule is COc1ccc(C(C)=O)cc1C[C@@H](C(=O)c1ccc(F)cc1)N1CCCC1. The van der Waals surface area contributed by atoms with Crippen LogP contribution in [0.2, 0.25) is 0 Å². The number of likely N-dealkylation sites (tertiary alicyclic amines) is 1. The first kappa shape index (κ1) is 19.2. The first-order valence-electron chi connectivity index (χ1n) is 9.21. The summed E-state index contributed by atoms with van der Waals surface area (Å²) in [6.07, 6.45) is 2.55. The van der Waals surface area contributed by atoms with Crippen LogP contribution in [0.3, 0.4) is 0 Å². The van der Waals surface area contributed by atoms with Gasteiger partial charge in [-0.05, 0) is 87.3 Å². The molecule has 1 heterocycles. The van der Waals surface area contributed by atoms with Gasteiger partial charge in [-0.2, -0.15) is 0 Å². The van der Waals surface area contributed by atoms with Crippen molar-refractivity contribution in [1.29, 1.82) is 0 Å². The Morgan fingerprint density at radius 2 is 1.70 bits per heavy atom. The molecule has 27 heavy (non-hydrogen) atoms.